The van der Waals surface area contributed by atoms with Crippen LogP contribution < -0.4 is 0 Å². The Morgan fingerprint density at radius 1 is 1.04 bits per heavy atom. The van der Waals surface area contributed by atoms with Crippen molar-refractivity contribution in [3.8, 4) is 0 Å². The second-order valence-electron chi connectivity index (χ2n) is 8.01. The van der Waals surface area contributed by atoms with Gasteiger partial charge < -0.3 is 18.8 Å². The van der Waals surface area contributed by atoms with E-state index in [1.165, 1.54) is 6.42 Å². The third kappa shape index (κ3) is 5.84. The van der Waals surface area contributed by atoms with Crippen molar-refractivity contribution >= 4 is 11.9 Å². The monoisotopic (exact) mass is 393 g/mol. The van der Waals surface area contributed by atoms with Crippen molar-refractivity contribution in [3.63, 3.8) is 0 Å². The highest BCUT2D eigenvalue weighted by Gasteiger charge is 2.51. The fourth-order valence-electron chi connectivity index (χ4n) is 4.10. The third-order valence-electron chi connectivity index (χ3n) is 5.36. The summed E-state index contributed by atoms with van der Waals surface area (Å²) in [6.07, 6.45) is 6.19. The average Bonchev–Trinajstić information content (AvgIpc) is 3.08. The van der Waals surface area contributed by atoms with E-state index in [2.05, 4.69) is 0 Å². The van der Waals surface area contributed by atoms with Crippen LogP contribution in [0.4, 0.5) is 0 Å². The van der Waals surface area contributed by atoms with Gasteiger partial charge in [0.15, 0.2) is 5.41 Å². The van der Waals surface area contributed by atoms with Crippen molar-refractivity contribution in [2.24, 2.45) is 11.3 Å². The lowest BCUT2D eigenvalue weighted by Crippen LogP contribution is -2.45. The molecule has 1 aromatic heterocycles. The molecule has 1 fully saturated rings. The molecule has 2 rings (SSSR count). The van der Waals surface area contributed by atoms with Crippen molar-refractivity contribution in [1.82, 2.24) is 4.90 Å². The number of esters is 2. The summed E-state index contributed by atoms with van der Waals surface area (Å²) >= 11 is 0. The van der Waals surface area contributed by atoms with Crippen LogP contribution in [0, 0.1) is 11.3 Å². The molecule has 0 radical (unpaired) electrons. The average molecular weight is 394 g/mol. The van der Waals surface area contributed by atoms with Crippen LogP contribution in [0.15, 0.2) is 16.5 Å². The van der Waals surface area contributed by atoms with Gasteiger partial charge in [0.05, 0.1) is 19.8 Å². The molecule has 0 aromatic carbocycles. The van der Waals surface area contributed by atoms with Crippen LogP contribution in [-0.2, 0) is 32.0 Å². The van der Waals surface area contributed by atoms with Gasteiger partial charge in [0.1, 0.15) is 11.5 Å². The Morgan fingerprint density at radius 2 is 1.61 bits per heavy atom. The highest BCUT2D eigenvalue weighted by atomic mass is 16.6. The lowest BCUT2D eigenvalue weighted by molar-refractivity contribution is -0.174. The fourth-order valence-corrected chi connectivity index (χ4v) is 4.10. The molecular weight excluding hydrogens is 358 g/mol. The maximum Gasteiger partial charge on any atom is 0.323 e. The van der Waals surface area contributed by atoms with Gasteiger partial charge in [-0.05, 0) is 52.4 Å². The molecule has 1 aliphatic carbocycles. The van der Waals surface area contributed by atoms with Crippen LogP contribution in [0.2, 0.25) is 0 Å². The van der Waals surface area contributed by atoms with Gasteiger partial charge in [-0.2, -0.15) is 0 Å². The molecule has 0 amide bonds. The molecule has 1 saturated carbocycles. The van der Waals surface area contributed by atoms with Crippen molar-refractivity contribution in [3.05, 3.63) is 23.7 Å². The van der Waals surface area contributed by atoms with E-state index in [-0.39, 0.29) is 19.6 Å². The topological polar surface area (TPSA) is 69.0 Å². The molecule has 6 heteroatoms. The number of hydrogen-bond donors (Lipinski definition) is 0. The zero-order chi connectivity index (χ0) is 20.6. The Balaban J connectivity index is 2.33. The molecule has 6 nitrogen and oxygen atoms in total. The van der Waals surface area contributed by atoms with E-state index in [1.807, 2.05) is 31.1 Å². The standard InChI is InChI=1S/C22H35NO5/c1-5-26-20(24)22(21(25)27-6-2,14-17-10-8-7-9-11-17)15-18-12-13-19(28-18)16-23(3)4/h12-13,17H,5-11,14-16H2,1-4H3. The van der Waals surface area contributed by atoms with Crippen LogP contribution in [0.1, 0.15) is 63.9 Å². The highest BCUT2D eigenvalue weighted by molar-refractivity contribution is 6.00. The van der Waals surface area contributed by atoms with Gasteiger partial charge in [-0.1, -0.05) is 32.1 Å². The predicted octanol–water partition coefficient (Wildman–Crippen LogP) is 3.97. The summed E-state index contributed by atoms with van der Waals surface area (Å²) in [5.74, 6) is 0.751. The summed E-state index contributed by atoms with van der Waals surface area (Å²) in [5, 5.41) is 0. The van der Waals surface area contributed by atoms with Gasteiger partial charge in [0.25, 0.3) is 0 Å². The van der Waals surface area contributed by atoms with Gasteiger partial charge >= 0.3 is 11.9 Å². The zero-order valence-corrected chi connectivity index (χ0v) is 17.8. The first-order valence-electron chi connectivity index (χ1n) is 10.5. The summed E-state index contributed by atoms with van der Waals surface area (Å²) in [6, 6.07) is 3.75. The van der Waals surface area contributed by atoms with Crippen LogP contribution in [-0.4, -0.2) is 44.1 Å². The Labute approximate surface area is 168 Å². The smallest absolute Gasteiger partial charge is 0.323 e. The molecule has 0 atom stereocenters. The summed E-state index contributed by atoms with van der Waals surface area (Å²) in [6.45, 7) is 4.64. The SMILES string of the molecule is CCOC(=O)C(Cc1ccc(CN(C)C)o1)(CC1CCCCC1)C(=O)OCC. The van der Waals surface area contributed by atoms with Crippen LogP contribution in [0.5, 0.6) is 0 Å². The van der Waals surface area contributed by atoms with Gasteiger partial charge in [0, 0.05) is 6.42 Å². The van der Waals surface area contributed by atoms with Crippen molar-refractivity contribution in [2.45, 2.75) is 65.3 Å². The first kappa shape index (κ1) is 22.5. The van der Waals surface area contributed by atoms with E-state index in [9.17, 15) is 9.59 Å². The third-order valence-corrected chi connectivity index (χ3v) is 5.36. The maximum atomic E-state index is 13.1. The van der Waals surface area contributed by atoms with Crippen molar-refractivity contribution in [2.75, 3.05) is 27.3 Å². The van der Waals surface area contributed by atoms with E-state index in [0.29, 0.717) is 24.6 Å². The zero-order valence-electron chi connectivity index (χ0n) is 17.8. The van der Waals surface area contributed by atoms with Crippen LogP contribution in [0.25, 0.3) is 0 Å². The molecule has 28 heavy (non-hydrogen) atoms. The molecule has 1 aromatic rings. The Bertz CT molecular complexity index is 613. The minimum atomic E-state index is -1.35. The van der Waals surface area contributed by atoms with Crippen molar-refractivity contribution in [1.29, 1.82) is 0 Å². The quantitative estimate of drug-likeness (QED) is 0.443. The first-order chi connectivity index (χ1) is 13.4. The number of carbonyl (C=O) groups is 2. The molecule has 0 spiro atoms. The highest BCUT2D eigenvalue weighted by Crippen LogP contribution is 2.39. The van der Waals surface area contributed by atoms with E-state index in [1.54, 1.807) is 13.8 Å². The molecule has 1 heterocycles. The maximum absolute atomic E-state index is 13.1. The minimum Gasteiger partial charge on any atom is -0.465 e. The van der Waals surface area contributed by atoms with Crippen LogP contribution in [0.3, 0.4) is 0 Å². The molecule has 0 saturated heterocycles. The van der Waals surface area contributed by atoms with E-state index >= 15 is 0 Å². The number of hydrogen-bond acceptors (Lipinski definition) is 6. The summed E-state index contributed by atoms with van der Waals surface area (Å²) in [5.41, 5.74) is -1.35. The Morgan fingerprint density at radius 3 is 2.14 bits per heavy atom. The van der Waals surface area contributed by atoms with E-state index in [4.69, 9.17) is 13.9 Å². The number of ether oxygens (including phenoxy) is 2. The lowest BCUT2D eigenvalue weighted by Gasteiger charge is -2.33. The Kier molecular flexibility index (Phi) is 8.55. The van der Waals surface area contributed by atoms with Gasteiger partial charge in [0.2, 0.25) is 0 Å². The first-order valence-corrected chi connectivity index (χ1v) is 10.5. The number of rotatable bonds is 10. The van der Waals surface area contributed by atoms with Gasteiger partial charge in [-0.3, -0.25) is 9.59 Å². The van der Waals surface area contributed by atoms with E-state index in [0.717, 1.165) is 31.4 Å². The summed E-state index contributed by atoms with van der Waals surface area (Å²) in [7, 11) is 3.93. The van der Waals surface area contributed by atoms with Gasteiger partial charge in [-0.15, -0.1) is 0 Å². The molecule has 0 N–H and O–H groups in total. The second-order valence-corrected chi connectivity index (χ2v) is 8.01. The summed E-state index contributed by atoms with van der Waals surface area (Å²) in [4.78, 5) is 28.2. The molecule has 0 aliphatic heterocycles. The molecular formula is C22H35NO5. The lowest BCUT2D eigenvalue weighted by atomic mass is 9.72. The molecule has 158 valence electrons. The second kappa shape index (κ2) is 10.6. The predicted molar refractivity (Wildman–Crippen MR) is 107 cm³/mol. The number of carbonyl (C=O) groups excluding carboxylic acids is 2. The molecule has 0 unspecified atom stereocenters. The molecule has 0 bridgehead atoms. The normalized spacial score (nSPS) is 15.6. The largest absolute Gasteiger partial charge is 0.465 e. The molecule has 1 aliphatic rings. The fraction of sp³-hybridized carbons (Fsp3) is 0.727. The van der Waals surface area contributed by atoms with Crippen molar-refractivity contribution < 1.29 is 23.5 Å². The Hall–Kier alpha value is -1.82. The van der Waals surface area contributed by atoms with Gasteiger partial charge in [-0.25, -0.2) is 0 Å². The summed E-state index contributed by atoms with van der Waals surface area (Å²) < 4.78 is 16.7. The minimum absolute atomic E-state index is 0.175. The van der Waals surface area contributed by atoms with E-state index < -0.39 is 17.4 Å². The van der Waals surface area contributed by atoms with Crippen LogP contribution >= 0.6 is 0 Å². The number of nitrogens with zero attached hydrogens (tertiary/aromatic N) is 1. The number of furan rings is 1.